The summed E-state index contributed by atoms with van der Waals surface area (Å²) in [7, 11) is 0. The fourth-order valence-electron chi connectivity index (χ4n) is 3.48. The van der Waals surface area contributed by atoms with E-state index in [4.69, 9.17) is 4.74 Å². The first-order chi connectivity index (χ1) is 11.2. The molecule has 2 fully saturated rings. The van der Waals surface area contributed by atoms with Crippen molar-refractivity contribution >= 4 is 0 Å². The molecule has 0 radical (unpaired) electrons. The molecule has 0 aliphatic carbocycles. The lowest BCUT2D eigenvalue weighted by molar-refractivity contribution is -0.0564. The summed E-state index contributed by atoms with van der Waals surface area (Å²) in [5.74, 6) is 0. The van der Waals surface area contributed by atoms with Crippen LogP contribution in [0.5, 0.6) is 0 Å². The van der Waals surface area contributed by atoms with Crippen LogP contribution in [0.4, 0.5) is 0 Å². The average molecular weight is 321 g/mol. The molecule has 0 unspecified atom stereocenters. The summed E-state index contributed by atoms with van der Waals surface area (Å²) in [6.45, 7) is 15.5. The monoisotopic (exact) mass is 321 g/mol. The highest BCUT2D eigenvalue weighted by atomic mass is 16.5. The fraction of sp³-hybridized carbons (Fsp3) is 0.824. The van der Waals surface area contributed by atoms with E-state index in [9.17, 15) is 0 Å². The molecule has 0 spiro atoms. The molecule has 1 aromatic rings. The molecule has 130 valence electrons. The quantitative estimate of drug-likeness (QED) is 0.767. The number of aromatic nitrogens is 2. The summed E-state index contributed by atoms with van der Waals surface area (Å²) in [6.07, 6.45) is 6.17. The van der Waals surface area contributed by atoms with Gasteiger partial charge in [0.15, 0.2) is 0 Å². The minimum atomic E-state index is 0.378. The topological polar surface area (TPSA) is 36.8 Å². The van der Waals surface area contributed by atoms with E-state index in [0.29, 0.717) is 12.1 Å². The van der Waals surface area contributed by atoms with Gasteiger partial charge in [0, 0.05) is 77.3 Å². The minimum absolute atomic E-state index is 0.378. The van der Waals surface area contributed by atoms with Crippen molar-refractivity contribution in [2.75, 3.05) is 59.0 Å². The number of imidazole rings is 1. The summed E-state index contributed by atoms with van der Waals surface area (Å²) < 4.78 is 8.13. The highest BCUT2D eigenvalue weighted by Gasteiger charge is 2.25. The molecule has 6 nitrogen and oxygen atoms in total. The van der Waals surface area contributed by atoms with Gasteiger partial charge in [-0.2, -0.15) is 0 Å². The predicted octanol–water partition coefficient (Wildman–Crippen LogP) is 0.610. The van der Waals surface area contributed by atoms with Crippen molar-refractivity contribution in [2.24, 2.45) is 0 Å². The number of ether oxygens (including phenoxy) is 1. The molecule has 2 saturated heterocycles. The fourth-order valence-corrected chi connectivity index (χ4v) is 3.48. The molecular weight excluding hydrogens is 290 g/mol. The zero-order valence-corrected chi connectivity index (χ0v) is 14.6. The van der Waals surface area contributed by atoms with Gasteiger partial charge in [-0.3, -0.25) is 14.7 Å². The number of morpholine rings is 1. The van der Waals surface area contributed by atoms with Gasteiger partial charge >= 0.3 is 0 Å². The van der Waals surface area contributed by atoms with Crippen LogP contribution in [-0.4, -0.2) is 95.4 Å². The summed E-state index contributed by atoms with van der Waals surface area (Å²) >= 11 is 0. The normalized spacial score (nSPS) is 25.3. The molecule has 1 aromatic heterocycles. The van der Waals surface area contributed by atoms with Crippen LogP contribution in [0.15, 0.2) is 18.7 Å². The van der Waals surface area contributed by atoms with E-state index >= 15 is 0 Å². The van der Waals surface area contributed by atoms with Crippen molar-refractivity contribution in [3.8, 4) is 0 Å². The van der Waals surface area contributed by atoms with Gasteiger partial charge in [-0.25, -0.2) is 4.98 Å². The van der Waals surface area contributed by atoms with Gasteiger partial charge in [0.2, 0.25) is 0 Å². The van der Waals surface area contributed by atoms with E-state index in [0.717, 1.165) is 65.5 Å². The number of hydrogen-bond donors (Lipinski definition) is 0. The number of nitrogens with zero attached hydrogens (tertiary/aromatic N) is 5. The molecule has 23 heavy (non-hydrogen) atoms. The summed E-state index contributed by atoms with van der Waals surface area (Å²) in [6, 6.07) is 0.626. The van der Waals surface area contributed by atoms with Gasteiger partial charge in [-0.1, -0.05) is 0 Å². The van der Waals surface area contributed by atoms with Crippen LogP contribution in [0, 0.1) is 0 Å². The van der Waals surface area contributed by atoms with E-state index in [-0.39, 0.29) is 0 Å². The Morgan fingerprint density at radius 3 is 2.57 bits per heavy atom. The summed E-state index contributed by atoms with van der Waals surface area (Å²) in [4.78, 5) is 11.8. The van der Waals surface area contributed by atoms with Crippen LogP contribution in [0.2, 0.25) is 0 Å². The molecule has 6 heteroatoms. The molecule has 2 aliphatic rings. The van der Waals surface area contributed by atoms with Crippen LogP contribution in [0.3, 0.4) is 0 Å². The molecule has 0 aromatic carbocycles. The second-order valence-corrected chi connectivity index (χ2v) is 7.02. The largest absolute Gasteiger partial charge is 0.374 e. The third-order valence-corrected chi connectivity index (χ3v) is 5.06. The highest BCUT2D eigenvalue weighted by molar-refractivity contribution is 4.80. The second kappa shape index (κ2) is 8.24. The van der Waals surface area contributed by atoms with E-state index < -0.39 is 0 Å². The van der Waals surface area contributed by atoms with Crippen molar-refractivity contribution in [1.29, 1.82) is 0 Å². The van der Waals surface area contributed by atoms with Crippen molar-refractivity contribution in [3.05, 3.63) is 18.7 Å². The van der Waals surface area contributed by atoms with Gasteiger partial charge in [-0.15, -0.1) is 0 Å². The first-order valence-corrected chi connectivity index (χ1v) is 8.97. The Kier molecular flexibility index (Phi) is 6.05. The van der Waals surface area contributed by atoms with Crippen LogP contribution in [0.25, 0.3) is 0 Å². The standard InChI is InChI=1S/C17H31N5O/c1-16(2)22-11-12-23-17(14-22)13-20-8-5-19(6-9-20)7-10-21-4-3-18-15-21/h3-4,15-17H,5-14H2,1-2H3/t17-/m0/s1. The van der Waals surface area contributed by atoms with Crippen molar-refractivity contribution in [3.63, 3.8) is 0 Å². The molecule has 0 N–H and O–H groups in total. The SMILES string of the molecule is CC(C)N1CCO[C@@H](CN2CCN(CCn3ccnc3)CC2)C1. The lowest BCUT2D eigenvalue weighted by Gasteiger charge is -2.40. The third kappa shape index (κ3) is 5.01. The third-order valence-electron chi connectivity index (χ3n) is 5.06. The Balaban J connectivity index is 1.35. The lowest BCUT2D eigenvalue weighted by atomic mass is 10.2. The molecule has 3 rings (SSSR count). The Bertz CT molecular complexity index is 442. The van der Waals surface area contributed by atoms with Crippen molar-refractivity contribution in [1.82, 2.24) is 24.3 Å². The Morgan fingerprint density at radius 2 is 1.87 bits per heavy atom. The van der Waals surface area contributed by atoms with Gasteiger partial charge in [0.05, 0.1) is 19.0 Å². The van der Waals surface area contributed by atoms with Crippen molar-refractivity contribution < 1.29 is 4.74 Å². The first kappa shape index (κ1) is 16.9. The number of piperazine rings is 1. The number of rotatable bonds is 6. The lowest BCUT2D eigenvalue weighted by Crippen LogP contribution is -2.53. The minimum Gasteiger partial charge on any atom is -0.374 e. The molecule has 1 atom stereocenters. The molecule has 0 amide bonds. The molecular formula is C17H31N5O. The Morgan fingerprint density at radius 1 is 1.09 bits per heavy atom. The zero-order chi connectivity index (χ0) is 16.1. The highest BCUT2D eigenvalue weighted by Crippen LogP contribution is 2.11. The maximum Gasteiger partial charge on any atom is 0.0946 e. The summed E-state index contributed by atoms with van der Waals surface area (Å²) in [5, 5.41) is 0. The molecule has 0 saturated carbocycles. The zero-order valence-electron chi connectivity index (χ0n) is 14.6. The second-order valence-electron chi connectivity index (χ2n) is 7.02. The van der Waals surface area contributed by atoms with Gasteiger partial charge in [0.1, 0.15) is 0 Å². The maximum atomic E-state index is 5.98. The van der Waals surface area contributed by atoms with E-state index in [1.165, 1.54) is 0 Å². The van der Waals surface area contributed by atoms with Crippen LogP contribution in [0.1, 0.15) is 13.8 Å². The number of hydrogen-bond acceptors (Lipinski definition) is 5. The Hall–Kier alpha value is -0.950. The van der Waals surface area contributed by atoms with Gasteiger partial charge < -0.3 is 9.30 Å². The molecule has 3 heterocycles. The average Bonchev–Trinajstić information content (AvgIpc) is 3.08. The first-order valence-electron chi connectivity index (χ1n) is 8.97. The predicted molar refractivity (Wildman–Crippen MR) is 91.6 cm³/mol. The summed E-state index contributed by atoms with van der Waals surface area (Å²) in [5.41, 5.74) is 0. The van der Waals surface area contributed by atoms with Gasteiger partial charge in [0.25, 0.3) is 0 Å². The van der Waals surface area contributed by atoms with E-state index in [2.05, 4.69) is 38.1 Å². The maximum absolute atomic E-state index is 5.98. The van der Waals surface area contributed by atoms with E-state index in [1.807, 2.05) is 18.7 Å². The van der Waals surface area contributed by atoms with Crippen LogP contribution < -0.4 is 0 Å². The van der Waals surface area contributed by atoms with E-state index in [1.54, 1.807) is 0 Å². The molecule has 0 bridgehead atoms. The van der Waals surface area contributed by atoms with Crippen LogP contribution >= 0.6 is 0 Å². The van der Waals surface area contributed by atoms with Gasteiger partial charge in [-0.05, 0) is 13.8 Å². The molecule has 2 aliphatic heterocycles. The smallest absolute Gasteiger partial charge is 0.0946 e. The van der Waals surface area contributed by atoms with Crippen LogP contribution in [-0.2, 0) is 11.3 Å². The van der Waals surface area contributed by atoms with Crippen molar-refractivity contribution in [2.45, 2.75) is 32.5 Å². The Labute approximate surface area is 140 Å².